The number of ether oxygens (including phenoxy) is 1. The minimum absolute atomic E-state index is 0.0430. The highest BCUT2D eigenvalue weighted by molar-refractivity contribution is 5.93. The summed E-state index contributed by atoms with van der Waals surface area (Å²) >= 11 is 0. The summed E-state index contributed by atoms with van der Waals surface area (Å²) in [6.07, 6.45) is 2.00. The standard InChI is InChI=1S/C14H21N3O3/c1-9(2)12-6-5-11(13(18)16-15)14(19)17(12)8-10-4-3-7-20-10/h5-6,9-10H,3-4,7-8,15H2,1-2H3,(H,16,18). The lowest BCUT2D eigenvalue weighted by atomic mass is 10.1. The van der Waals surface area contributed by atoms with Crippen LogP contribution in [0.3, 0.4) is 0 Å². The molecular weight excluding hydrogens is 258 g/mol. The van der Waals surface area contributed by atoms with E-state index in [0.717, 1.165) is 25.1 Å². The Morgan fingerprint density at radius 1 is 1.55 bits per heavy atom. The number of carbonyl (C=O) groups is 1. The Labute approximate surface area is 117 Å². The predicted molar refractivity (Wildman–Crippen MR) is 75.4 cm³/mol. The van der Waals surface area contributed by atoms with Crippen molar-refractivity contribution in [3.8, 4) is 0 Å². The van der Waals surface area contributed by atoms with Crippen LogP contribution >= 0.6 is 0 Å². The van der Waals surface area contributed by atoms with Crippen LogP contribution in [0.25, 0.3) is 0 Å². The number of hydrogen-bond donors (Lipinski definition) is 2. The molecular formula is C14H21N3O3. The van der Waals surface area contributed by atoms with Gasteiger partial charge in [0.25, 0.3) is 11.5 Å². The molecule has 2 rings (SSSR count). The van der Waals surface area contributed by atoms with Crippen molar-refractivity contribution in [1.29, 1.82) is 0 Å². The van der Waals surface area contributed by atoms with Crippen molar-refractivity contribution in [3.05, 3.63) is 33.7 Å². The quantitative estimate of drug-likeness (QED) is 0.484. The van der Waals surface area contributed by atoms with Crippen LogP contribution in [-0.2, 0) is 11.3 Å². The van der Waals surface area contributed by atoms with E-state index in [-0.39, 0.29) is 23.1 Å². The molecule has 0 aromatic carbocycles. The van der Waals surface area contributed by atoms with E-state index in [4.69, 9.17) is 10.6 Å². The smallest absolute Gasteiger partial charge is 0.270 e. The largest absolute Gasteiger partial charge is 0.376 e. The van der Waals surface area contributed by atoms with Gasteiger partial charge in [-0.25, -0.2) is 5.84 Å². The third-order valence-corrected chi connectivity index (χ3v) is 3.59. The third kappa shape index (κ3) is 2.91. The number of rotatable bonds is 4. The lowest BCUT2D eigenvalue weighted by Gasteiger charge is -2.19. The van der Waals surface area contributed by atoms with E-state index in [0.29, 0.717) is 6.54 Å². The van der Waals surface area contributed by atoms with Crippen molar-refractivity contribution in [3.63, 3.8) is 0 Å². The lowest BCUT2D eigenvalue weighted by Crippen LogP contribution is -2.38. The molecule has 110 valence electrons. The average Bonchev–Trinajstić information content (AvgIpc) is 2.92. The molecule has 1 fully saturated rings. The summed E-state index contributed by atoms with van der Waals surface area (Å²) in [6.45, 7) is 5.25. The Kier molecular flexibility index (Phi) is 4.57. The molecule has 6 nitrogen and oxygen atoms in total. The van der Waals surface area contributed by atoms with Gasteiger partial charge in [0.05, 0.1) is 12.6 Å². The molecule has 1 aromatic rings. The number of carbonyl (C=O) groups excluding carboxylic acids is 1. The van der Waals surface area contributed by atoms with Gasteiger partial charge >= 0.3 is 0 Å². The van der Waals surface area contributed by atoms with Crippen molar-refractivity contribution >= 4 is 5.91 Å². The van der Waals surface area contributed by atoms with Crippen LogP contribution in [0.2, 0.25) is 0 Å². The summed E-state index contributed by atoms with van der Waals surface area (Å²) in [7, 11) is 0. The van der Waals surface area contributed by atoms with Crippen LogP contribution in [-0.4, -0.2) is 23.2 Å². The fraction of sp³-hybridized carbons (Fsp3) is 0.571. The Morgan fingerprint density at radius 2 is 2.30 bits per heavy atom. The Hall–Kier alpha value is -1.66. The van der Waals surface area contributed by atoms with Crippen LogP contribution in [0.1, 0.15) is 48.7 Å². The summed E-state index contributed by atoms with van der Waals surface area (Å²) < 4.78 is 7.23. The van der Waals surface area contributed by atoms with E-state index in [1.165, 1.54) is 6.07 Å². The maximum Gasteiger partial charge on any atom is 0.270 e. The molecule has 1 saturated heterocycles. The molecule has 0 spiro atoms. The van der Waals surface area contributed by atoms with E-state index in [1.54, 1.807) is 4.57 Å². The van der Waals surface area contributed by atoms with E-state index < -0.39 is 5.91 Å². The molecule has 1 aliphatic rings. The van der Waals surface area contributed by atoms with Crippen molar-refractivity contribution in [2.45, 2.75) is 45.3 Å². The first-order valence-electron chi connectivity index (χ1n) is 6.91. The summed E-state index contributed by atoms with van der Waals surface area (Å²) in [5.74, 6) is 4.74. The predicted octanol–water partition coefficient (Wildman–Crippen LogP) is 0.754. The minimum Gasteiger partial charge on any atom is -0.376 e. The summed E-state index contributed by atoms with van der Waals surface area (Å²) in [4.78, 5) is 24.1. The molecule has 0 saturated carbocycles. The topological polar surface area (TPSA) is 86.4 Å². The molecule has 1 unspecified atom stereocenters. The molecule has 1 aromatic heterocycles. The molecule has 1 amide bonds. The van der Waals surface area contributed by atoms with Crippen LogP contribution in [0.4, 0.5) is 0 Å². The fourth-order valence-electron chi connectivity index (χ4n) is 2.53. The van der Waals surface area contributed by atoms with Gasteiger partial charge in [-0.05, 0) is 30.9 Å². The van der Waals surface area contributed by atoms with Gasteiger partial charge in [-0.15, -0.1) is 0 Å². The second-order valence-corrected chi connectivity index (χ2v) is 5.35. The number of nitrogen functional groups attached to an aromatic ring is 1. The highest BCUT2D eigenvalue weighted by atomic mass is 16.5. The van der Waals surface area contributed by atoms with Gasteiger partial charge in [-0.3, -0.25) is 15.0 Å². The van der Waals surface area contributed by atoms with Crippen molar-refractivity contribution in [2.75, 3.05) is 6.61 Å². The third-order valence-electron chi connectivity index (χ3n) is 3.59. The van der Waals surface area contributed by atoms with Crippen LogP contribution in [0.15, 0.2) is 16.9 Å². The lowest BCUT2D eigenvalue weighted by molar-refractivity contribution is 0.0925. The van der Waals surface area contributed by atoms with Crippen molar-refractivity contribution in [2.24, 2.45) is 5.84 Å². The van der Waals surface area contributed by atoms with Gasteiger partial charge in [0.15, 0.2) is 0 Å². The molecule has 2 heterocycles. The van der Waals surface area contributed by atoms with E-state index >= 15 is 0 Å². The summed E-state index contributed by atoms with van der Waals surface area (Å²) in [6, 6.07) is 3.34. The van der Waals surface area contributed by atoms with Crippen LogP contribution < -0.4 is 16.8 Å². The van der Waals surface area contributed by atoms with E-state index in [2.05, 4.69) is 0 Å². The molecule has 20 heavy (non-hydrogen) atoms. The van der Waals surface area contributed by atoms with Gasteiger partial charge < -0.3 is 9.30 Å². The van der Waals surface area contributed by atoms with Crippen molar-refractivity contribution < 1.29 is 9.53 Å². The molecule has 1 atom stereocenters. The normalized spacial score (nSPS) is 18.5. The number of pyridine rings is 1. The van der Waals surface area contributed by atoms with Gasteiger partial charge in [0.1, 0.15) is 5.56 Å². The molecule has 0 bridgehead atoms. The van der Waals surface area contributed by atoms with E-state index in [9.17, 15) is 9.59 Å². The number of aromatic nitrogens is 1. The molecule has 0 aliphatic carbocycles. The maximum absolute atomic E-state index is 12.5. The monoisotopic (exact) mass is 279 g/mol. The number of hydrogen-bond acceptors (Lipinski definition) is 4. The second kappa shape index (κ2) is 6.19. The first-order valence-corrected chi connectivity index (χ1v) is 6.91. The van der Waals surface area contributed by atoms with Crippen LogP contribution in [0.5, 0.6) is 0 Å². The van der Waals surface area contributed by atoms with E-state index in [1.807, 2.05) is 25.3 Å². The van der Waals surface area contributed by atoms with Gasteiger partial charge in [0.2, 0.25) is 0 Å². The zero-order valence-corrected chi connectivity index (χ0v) is 11.9. The van der Waals surface area contributed by atoms with Gasteiger partial charge in [-0.1, -0.05) is 13.8 Å². The zero-order valence-electron chi connectivity index (χ0n) is 11.9. The first kappa shape index (κ1) is 14.7. The number of hydrazine groups is 1. The maximum atomic E-state index is 12.5. The Bertz CT molecular complexity index is 545. The molecule has 3 N–H and O–H groups in total. The average molecular weight is 279 g/mol. The number of nitrogens with zero attached hydrogens (tertiary/aromatic N) is 1. The summed E-state index contributed by atoms with van der Waals surface area (Å²) in [5, 5.41) is 0. The highest BCUT2D eigenvalue weighted by Crippen LogP contribution is 2.18. The SMILES string of the molecule is CC(C)c1ccc(C(=O)NN)c(=O)n1CC1CCCO1. The Balaban J connectivity index is 2.43. The second-order valence-electron chi connectivity index (χ2n) is 5.35. The molecule has 6 heteroatoms. The van der Waals surface area contributed by atoms with Gasteiger partial charge in [-0.2, -0.15) is 0 Å². The fourth-order valence-corrected chi connectivity index (χ4v) is 2.53. The first-order chi connectivity index (χ1) is 9.54. The number of amides is 1. The highest BCUT2D eigenvalue weighted by Gasteiger charge is 2.21. The number of nitrogens with one attached hydrogen (secondary N) is 1. The summed E-state index contributed by atoms with van der Waals surface area (Å²) in [5.41, 5.74) is 2.66. The molecule has 0 radical (unpaired) electrons. The minimum atomic E-state index is -0.564. The Morgan fingerprint density at radius 3 is 2.85 bits per heavy atom. The molecule has 1 aliphatic heterocycles. The van der Waals surface area contributed by atoms with Crippen LogP contribution in [0, 0.1) is 0 Å². The van der Waals surface area contributed by atoms with Crippen molar-refractivity contribution in [1.82, 2.24) is 9.99 Å². The zero-order chi connectivity index (χ0) is 14.7. The van der Waals surface area contributed by atoms with Gasteiger partial charge in [0, 0.05) is 12.3 Å². The number of nitrogens with two attached hydrogens (primary N) is 1.